The molecule has 8 heteroatoms. The van der Waals surface area contributed by atoms with Crippen molar-refractivity contribution in [3.8, 4) is 17.2 Å². The number of hydrogen-bond donors (Lipinski definition) is 3. The van der Waals surface area contributed by atoms with Gasteiger partial charge in [-0.05, 0) is 23.6 Å². The summed E-state index contributed by atoms with van der Waals surface area (Å²) >= 11 is 0. The number of ether oxygens (including phenoxy) is 3. The van der Waals surface area contributed by atoms with Crippen LogP contribution < -0.4 is 30.6 Å². The van der Waals surface area contributed by atoms with E-state index in [-0.39, 0.29) is 30.8 Å². The number of methoxy groups -OCH3 is 3. The van der Waals surface area contributed by atoms with E-state index in [4.69, 9.17) is 19.9 Å². The van der Waals surface area contributed by atoms with Crippen LogP contribution in [0.4, 0.5) is 0 Å². The predicted octanol–water partition coefficient (Wildman–Crippen LogP) is 0.428. The van der Waals surface area contributed by atoms with Crippen molar-refractivity contribution in [3.05, 3.63) is 17.7 Å². The lowest BCUT2D eigenvalue weighted by atomic mass is 10.1. The summed E-state index contributed by atoms with van der Waals surface area (Å²) in [5.74, 6) is 0.818. The lowest BCUT2D eigenvalue weighted by Gasteiger charge is -2.16. The minimum absolute atomic E-state index is 0.00212. The van der Waals surface area contributed by atoms with Crippen LogP contribution in [-0.4, -0.2) is 45.7 Å². The van der Waals surface area contributed by atoms with E-state index in [0.29, 0.717) is 17.2 Å². The van der Waals surface area contributed by atoms with Crippen LogP contribution in [0.1, 0.15) is 19.4 Å². The monoisotopic (exact) mass is 353 g/mol. The van der Waals surface area contributed by atoms with E-state index < -0.39 is 6.04 Å². The van der Waals surface area contributed by atoms with Gasteiger partial charge in [-0.2, -0.15) is 0 Å². The maximum absolute atomic E-state index is 11.9. The Morgan fingerprint density at radius 2 is 1.60 bits per heavy atom. The molecule has 0 aliphatic rings. The van der Waals surface area contributed by atoms with Gasteiger partial charge in [-0.25, -0.2) is 0 Å². The number of nitrogens with two attached hydrogens (primary N) is 1. The molecule has 0 spiro atoms. The van der Waals surface area contributed by atoms with E-state index in [0.717, 1.165) is 5.56 Å². The summed E-state index contributed by atoms with van der Waals surface area (Å²) in [6.45, 7) is 3.80. The molecule has 4 N–H and O–H groups in total. The molecule has 0 aliphatic carbocycles. The van der Waals surface area contributed by atoms with Crippen LogP contribution in [0.2, 0.25) is 0 Å². The highest BCUT2D eigenvalue weighted by Gasteiger charge is 2.18. The van der Waals surface area contributed by atoms with Crippen LogP contribution >= 0.6 is 0 Å². The van der Waals surface area contributed by atoms with Gasteiger partial charge in [-0.15, -0.1) is 0 Å². The summed E-state index contributed by atoms with van der Waals surface area (Å²) in [7, 11) is 4.56. The minimum Gasteiger partial charge on any atom is -0.493 e. The van der Waals surface area contributed by atoms with Gasteiger partial charge in [0.2, 0.25) is 17.6 Å². The second-order valence-electron chi connectivity index (χ2n) is 5.80. The molecule has 1 rings (SSSR count). The second-order valence-corrected chi connectivity index (χ2v) is 5.80. The van der Waals surface area contributed by atoms with Crippen molar-refractivity contribution in [1.29, 1.82) is 0 Å². The van der Waals surface area contributed by atoms with E-state index in [1.807, 2.05) is 13.8 Å². The maximum atomic E-state index is 11.9. The molecule has 1 aromatic carbocycles. The first-order chi connectivity index (χ1) is 11.8. The van der Waals surface area contributed by atoms with Crippen LogP contribution in [0.5, 0.6) is 17.2 Å². The average Bonchev–Trinajstić information content (AvgIpc) is 2.62. The van der Waals surface area contributed by atoms with Crippen molar-refractivity contribution in [2.75, 3.05) is 27.9 Å². The molecule has 25 heavy (non-hydrogen) atoms. The molecule has 0 aromatic heterocycles. The fourth-order valence-electron chi connectivity index (χ4n) is 2.09. The normalized spacial score (nSPS) is 11.6. The molecule has 140 valence electrons. The molecule has 0 heterocycles. The summed E-state index contributed by atoms with van der Waals surface area (Å²) < 4.78 is 15.8. The molecular weight excluding hydrogens is 326 g/mol. The van der Waals surface area contributed by atoms with Crippen LogP contribution in [0.25, 0.3) is 0 Å². The zero-order valence-corrected chi connectivity index (χ0v) is 15.3. The van der Waals surface area contributed by atoms with Crippen molar-refractivity contribution in [3.63, 3.8) is 0 Å². The van der Waals surface area contributed by atoms with Crippen molar-refractivity contribution in [2.45, 2.75) is 26.4 Å². The van der Waals surface area contributed by atoms with Crippen molar-refractivity contribution in [2.24, 2.45) is 11.7 Å². The summed E-state index contributed by atoms with van der Waals surface area (Å²) in [5.41, 5.74) is 6.49. The van der Waals surface area contributed by atoms with Gasteiger partial charge in [-0.3, -0.25) is 9.59 Å². The van der Waals surface area contributed by atoms with Gasteiger partial charge in [-0.1, -0.05) is 13.8 Å². The third kappa shape index (κ3) is 5.82. The van der Waals surface area contributed by atoms with Crippen LogP contribution in [0.15, 0.2) is 12.1 Å². The van der Waals surface area contributed by atoms with Gasteiger partial charge in [0.05, 0.1) is 33.9 Å². The first-order valence-corrected chi connectivity index (χ1v) is 7.92. The predicted molar refractivity (Wildman–Crippen MR) is 93.8 cm³/mol. The van der Waals surface area contributed by atoms with Gasteiger partial charge in [0.25, 0.3) is 0 Å². The topological polar surface area (TPSA) is 112 Å². The highest BCUT2D eigenvalue weighted by Crippen LogP contribution is 2.38. The van der Waals surface area contributed by atoms with Crippen molar-refractivity contribution >= 4 is 11.8 Å². The Morgan fingerprint density at radius 1 is 1.04 bits per heavy atom. The zero-order valence-electron chi connectivity index (χ0n) is 15.3. The summed E-state index contributed by atoms with van der Waals surface area (Å²) in [6.07, 6.45) is 0. The first-order valence-electron chi connectivity index (χ1n) is 7.92. The minimum atomic E-state index is -0.636. The quantitative estimate of drug-likeness (QED) is 0.593. The standard InChI is InChI=1S/C17H27N3O5/c1-10(2)15(18)17(22)20-9-14(21)19-8-11-6-12(23-3)16(25-5)13(7-11)24-4/h6-7,10,15H,8-9,18H2,1-5H3,(H,19,21)(H,20,22)/t15-/m0/s1. The second kappa shape index (κ2) is 9.73. The summed E-state index contributed by atoms with van der Waals surface area (Å²) in [6, 6.07) is 2.85. The Hall–Kier alpha value is -2.48. The molecular formula is C17H27N3O5. The Bertz CT molecular complexity index is 579. The molecule has 0 saturated heterocycles. The fraction of sp³-hybridized carbons (Fsp3) is 0.529. The molecule has 0 saturated carbocycles. The van der Waals surface area contributed by atoms with Crippen molar-refractivity contribution < 1.29 is 23.8 Å². The number of nitrogens with one attached hydrogen (secondary N) is 2. The van der Waals surface area contributed by atoms with Crippen LogP contribution in [0.3, 0.4) is 0 Å². The SMILES string of the molecule is COc1cc(CNC(=O)CNC(=O)[C@@H](N)C(C)C)cc(OC)c1OC. The van der Waals surface area contributed by atoms with Crippen molar-refractivity contribution in [1.82, 2.24) is 10.6 Å². The van der Waals surface area contributed by atoms with Crippen LogP contribution in [0, 0.1) is 5.92 Å². The van der Waals surface area contributed by atoms with Crippen LogP contribution in [-0.2, 0) is 16.1 Å². The molecule has 2 amide bonds. The molecule has 0 fully saturated rings. The first kappa shape index (κ1) is 20.6. The Kier molecular flexibility index (Phi) is 8.00. The molecule has 8 nitrogen and oxygen atoms in total. The van der Waals surface area contributed by atoms with E-state index in [1.165, 1.54) is 21.3 Å². The third-order valence-electron chi connectivity index (χ3n) is 3.66. The molecule has 1 atom stereocenters. The lowest BCUT2D eigenvalue weighted by molar-refractivity contribution is -0.127. The number of carbonyl (C=O) groups is 2. The van der Waals surface area contributed by atoms with E-state index in [2.05, 4.69) is 10.6 Å². The number of rotatable bonds is 9. The highest BCUT2D eigenvalue weighted by atomic mass is 16.5. The van der Waals surface area contributed by atoms with Gasteiger partial charge in [0.1, 0.15) is 0 Å². The zero-order chi connectivity index (χ0) is 19.0. The van der Waals surface area contributed by atoms with Gasteiger partial charge >= 0.3 is 0 Å². The highest BCUT2D eigenvalue weighted by molar-refractivity contribution is 5.87. The summed E-state index contributed by atoms with van der Waals surface area (Å²) in [4.78, 5) is 23.6. The third-order valence-corrected chi connectivity index (χ3v) is 3.66. The Morgan fingerprint density at radius 3 is 2.04 bits per heavy atom. The largest absolute Gasteiger partial charge is 0.493 e. The molecule has 0 bridgehead atoms. The lowest BCUT2D eigenvalue weighted by Crippen LogP contribution is -2.47. The number of amides is 2. The van der Waals surface area contributed by atoms with E-state index in [1.54, 1.807) is 12.1 Å². The average molecular weight is 353 g/mol. The molecule has 1 aromatic rings. The van der Waals surface area contributed by atoms with Gasteiger partial charge < -0.3 is 30.6 Å². The molecule has 0 radical (unpaired) electrons. The van der Waals surface area contributed by atoms with E-state index >= 15 is 0 Å². The van der Waals surface area contributed by atoms with Gasteiger partial charge in [0.15, 0.2) is 11.5 Å². The Balaban J connectivity index is 2.63. The summed E-state index contributed by atoms with van der Waals surface area (Å²) in [5, 5.41) is 5.23. The molecule has 0 unspecified atom stereocenters. The Labute approximate surface area is 148 Å². The number of carbonyl (C=O) groups excluding carboxylic acids is 2. The smallest absolute Gasteiger partial charge is 0.239 e. The maximum Gasteiger partial charge on any atom is 0.239 e. The fourth-order valence-corrected chi connectivity index (χ4v) is 2.09. The number of hydrogen-bond acceptors (Lipinski definition) is 6. The van der Waals surface area contributed by atoms with Gasteiger partial charge in [0, 0.05) is 6.54 Å². The number of benzene rings is 1. The molecule has 0 aliphatic heterocycles. The van der Waals surface area contributed by atoms with E-state index in [9.17, 15) is 9.59 Å².